The molecular formula is C31H26O11. The number of Topliss-reactive ketones (excluding diaryl/α,β-unsaturated/α-hetero) is 2. The second-order valence-corrected chi connectivity index (χ2v) is 11.5. The highest BCUT2D eigenvalue weighted by molar-refractivity contribution is 6.14. The summed E-state index contributed by atoms with van der Waals surface area (Å²) >= 11 is 0. The Hall–Kier alpha value is -4.61. The first kappa shape index (κ1) is 26.3. The van der Waals surface area contributed by atoms with Crippen molar-refractivity contribution in [2.45, 2.75) is 49.9 Å². The fraction of sp³-hybridized carbons (Fsp3) is 0.323. The van der Waals surface area contributed by atoms with Crippen molar-refractivity contribution in [2.24, 2.45) is 5.41 Å². The van der Waals surface area contributed by atoms with Crippen molar-refractivity contribution >= 4 is 29.1 Å². The third kappa shape index (κ3) is 2.89. The van der Waals surface area contributed by atoms with Crippen LogP contribution in [0.4, 0.5) is 0 Å². The molecule has 0 saturated heterocycles. The number of allylic oxidation sites excluding steroid dienone is 1. The maximum absolute atomic E-state index is 14.0. The van der Waals surface area contributed by atoms with E-state index in [1.807, 2.05) is 0 Å². The summed E-state index contributed by atoms with van der Waals surface area (Å²) in [5, 5.41) is 67.7. The summed E-state index contributed by atoms with van der Waals surface area (Å²) in [6, 6.07) is 4.40. The number of aliphatic hydroxyl groups is 4. The lowest BCUT2D eigenvalue weighted by atomic mass is 9.61. The fourth-order valence-electron chi connectivity index (χ4n) is 7.49. The number of benzene rings is 2. The number of phenols is 2. The Kier molecular flexibility index (Phi) is 5.16. The molecule has 0 amide bonds. The lowest BCUT2D eigenvalue weighted by Crippen LogP contribution is -2.61. The van der Waals surface area contributed by atoms with E-state index in [1.54, 1.807) is 19.1 Å². The minimum atomic E-state index is -2.39. The molecule has 2 aromatic rings. The lowest BCUT2D eigenvalue weighted by molar-refractivity contribution is -0.169. The van der Waals surface area contributed by atoms with Crippen LogP contribution in [-0.2, 0) is 25.5 Å². The van der Waals surface area contributed by atoms with Crippen LogP contribution in [0.15, 0.2) is 41.5 Å². The van der Waals surface area contributed by atoms with E-state index < -0.39 is 69.5 Å². The molecular weight excluding hydrogens is 548 g/mol. The highest BCUT2D eigenvalue weighted by atomic mass is 16.6. The van der Waals surface area contributed by atoms with Gasteiger partial charge < -0.3 is 40.1 Å². The molecule has 2 aromatic carbocycles. The average Bonchev–Trinajstić information content (AvgIpc) is 3.16. The zero-order valence-corrected chi connectivity index (χ0v) is 22.5. The van der Waals surface area contributed by atoms with E-state index in [1.165, 1.54) is 18.2 Å². The molecule has 5 aliphatic carbocycles. The van der Waals surface area contributed by atoms with Crippen LogP contribution in [0.1, 0.15) is 58.2 Å². The van der Waals surface area contributed by atoms with Gasteiger partial charge in [-0.1, -0.05) is 18.2 Å². The minimum absolute atomic E-state index is 0.0575. The molecule has 0 radical (unpaired) electrons. The number of rotatable bonds is 1. The summed E-state index contributed by atoms with van der Waals surface area (Å²) in [5.74, 6) is -6.03. The third-order valence-corrected chi connectivity index (χ3v) is 9.31. The minimum Gasteiger partial charge on any atom is -0.507 e. The molecule has 8 rings (SSSR count). The Morgan fingerprint density at radius 3 is 2.45 bits per heavy atom. The molecule has 1 spiro atoms. The zero-order valence-electron chi connectivity index (χ0n) is 22.5. The number of carbonyl (C=O) groups is 3. The summed E-state index contributed by atoms with van der Waals surface area (Å²) in [5.41, 5.74) is -3.81. The Balaban J connectivity index is 1.50. The average molecular weight is 575 g/mol. The fourth-order valence-corrected chi connectivity index (χ4v) is 7.49. The summed E-state index contributed by atoms with van der Waals surface area (Å²) in [6.07, 6.45) is -0.341. The zero-order chi connectivity index (χ0) is 30.0. The van der Waals surface area contributed by atoms with Crippen LogP contribution in [-0.4, -0.2) is 67.0 Å². The number of methoxy groups -OCH3 is 1. The molecule has 0 unspecified atom stereocenters. The number of esters is 1. The molecule has 5 atom stereocenters. The van der Waals surface area contributed by atoms with Gasteiger partial charge in [0.1, 0.15) is 40.4 Å². The highest BCUT2D eigenvalue weighted by Crippen LogP contribution is 2.62. The Morgan fingerprint density at radius 2 is 1.74 bits per heavy atom. The van der Waals surface area contributed by atoms with Crippen molar-refractivity contribution < 1.29 is 54.5 Å². The number of carbonyl (C=O) groups excluding carboxylic acids is 3. The van der Waals surface area contributed by atoms with Gasteiger partial charge >= 0.3 is 5.97 Å². The first-order chi connectivity index (χ1) is 19.9. The van der Waals surface area contributed by atoms with E-state index in [0.29, 0.717) is 11.1 Å². The van der Waals surface area contributed by atoms with Crippen LogP contribution in [0.3, 0.4) is 0 Å². The standard InChI is InChI=1S/C31H26O11/c1-11-7-14-20(16(33)8-11)26(37)23-24(35)13-5-6-30(23,28(14)39)10-12-9-17-21(25(36)19(12)13)27(38)22-15(32)3-4-18(34)31(22,42-17)29(40)41-2/h5-9,13,18,28,33-34,36-39H,3-4,10H2,1-2H3/t13-,18-,28-,30-,31-/m0/s1. The predicted molar refractivity (Wildman–Crippen MR) is 144 cm³/mol. The number of aliphatic hydroxyl groups excluding tert-OH is 4. The molecule has 42 heavy (non-hydrogen) atoms. The third-order valence-electron chi connectivity index (χ3n) is 9.31. The number of ketones is 2. The van der Waals surface area contributed by atoms with Crippen LogP contribution in [0.2, 0.25) is 0 Å². The normalized spacial score (nSPS) is 30.5. The highest BCUT2D eigenvalue weighted by Gasteiger charge is 2.62. The Labute approximate surface area is 238 Å². The van der Waals surface area contributed by atoms with Gasteiger partial charge in [0.15, 0.2) is 11.6 Å². The van der Waals surface area contributed by atoms with E-state index in [-0.39, 0.29) is 58.6 Å². The van der Waals surface area contributed by atoms with E-state index in [2.05, 4.69) is 0 Å². The van der Waals surface area contributed by atoms with Gasteiger partial charge in [0.05, 0.1) is 41.3 Å². The van der Waals surface area contributed by atoms with Crippen LogP contribution >= 0.6 is 0 Å². The van der Waals surface area contributed by atoms with Crippen molar-refractivity contribution in [3.63, 3.8) is 0 Å². The number of aromatic hydroxyl groups is 2. The van der Waals surface area contributed by atoms with Crippen molar-refractivity contribution in [3.8, 4) is 17.2 Å². The second kappa shape index (κ2) is 8.24. The summed E-state index contributed by atoms with van der Waals surface area (Å²) < 4.78 is 10.9. The van der Waals surface area contributed by atoms with Gasteiger partial charge in [-0.05, 0) is 48.6 Å². The Morgan fingerprint density at radius 1 is 1.02 bits per heavy atom. The molecule has 1 aliphatic heterocycles. The predicted octanol–water partition coefficient (Wildman–Crippen LogP) is 2.48. The van der Waals surface area contributed by atoms with E-state index in [0.717, 1.165) is 7.11 Å². The molecule has 1 saturated carbocycles. The molecule has 11 nitrogen and oxygen atoms in total. The van der Waals surface area contributed by atoms with Gasteiger partial charge in [0, 0.05) is 12.0 Å². The summed E-state index contributed by atoms with van der Waals surface area (Å²) in [4.78, 5) is 40.1. The van der Waals surface area contributed by atoms with Crippen LogP contribution in [0.25, 0.3) is 11.5 Å². The van der Waals surface area contributed by atoms with E-state index >= 15 is 0 Å². The van der Waals surface area contributed by atoms with Gasteiger partial charge in [-0.3, -0.25) is 9.59 Å². The number of hydrogen-bond acceptors (Lipinski definition) is 11. The number of phenolic OH excluding ortho intramolecular Hbond substituents is 2. The van der Waals surface area contributed by atoms with Gasteiger partial charge in [-0.2, -0.15) is 0 Å². The topological polar surface area (TPSA) is 191 Å². The molecule has 6 N–H and O–H groups in total. The maximum atomic E-state index is 14.0. The maximum Gasteiger partial charge on any atom is 0.358 e. The van der Waals surface area contributed by atoms with Gasteiger partial charge in [-0.15, -0.1) is 0 Å². The van der Waals surface area contributed by atoms with Crippen molar-refractivity contribution in [2.75, 3.05) is 7.11 Å². The molecule has 1 fully saturated rings. The number of hydrogen-bond donors (Lipinski definition) is 6. The number of fused-ring (bicyclic) bond motifs is 3. The smallest absolute Gasteiger partial charge is 0.358 e. The van der Waals surface area contributed by atoms with Gasteiger partial charge in [-0.25, -0.2) is 4.79 Å². The molecule has 6 aliphatic rings. The van der Waals surface area contributed by atoms with Gasteiger partial charge in [0.2, 0.25) is 0 Å². The monoisotopic (exact) mass is 574 g/mol. The van der Waals surface area contributed by atoms with Gasteiger partial charge in [0.25, 0.3) is 5.60 Å². The van der Waals surface area contributed by atoms with Crippen LogP contribution in [0, 0.1) is 12.3 Å². The number of ether oxygens (including phenoxy) is 2. The SMILES string of the molecule is COC(=O)[C@@]12Oc3cc4c(c(O)c3C(O)=C1C(=O)CC[C@@H]2O)[C@@H]1C=C[C@]2(C4)C(=C(O)c3c(O)cc(C)cc3[C@@H]2O)C1=O. The summed E-state index contributed by atoms with van der Waals surface area (Å²) in [7, 11) is 1.04. The number of aryl methyl sites for hydroxylation is 1. The second-order valence-electron chi connectivity index (χ2n) is 11.5. The van der Waals surface area contributed by atoms with E-state index in [9.17, 15) is 45.0 Å². The lowest BCUT2D eigenvalue weighted by Gasteiger charge is -2.43. The molecule has 11 heteroatoms. The first-order valence-corrected chi connectivity index (χ1v) is 13.4. The molecule has 0 aromatic heterocycles. The van der Waals surface area contributed by atoms with Crippen LogP contribution in [0.5, 0.6) is 17.2 Å². The van der Waals surface area contributed by atoms with Crippen molar-refractivity contribution in [3.05, 3.63) is 74.9 Å². The molecule has 2 bridgehead atoms. The molecule has 216 valence electrons. The first-order valence-electron chi connectivity index (χ1n) is 13.4. The summed E-state index contributed by atoms with van der Waals surface area (Å²) in [6.45, 7) is 1.71. The van der Waals surface area contributed by atoms with Crippen LogP contribution < -0.4 is 4.74 Å². The largest absolute Gasteiger partial charge is 0.507 e. The Bertz CT molecular complexity index is 1780. The van der Waals surface area contributed by atoms with Crippen molar-refractivity contribution in [1.29, 1.82) is 0 Å². The molecule has 1 heterocycles. The quantitative estimate of drug-likeness (QED) is 0.217. The van der Waals surface area contributed by atoms with E-state index in [4.69, 9.17) is 9.47 Å². The van der Waals surface area contributed by atoms with Crippen molar-refractivity contribution in [1.82, 2.24) is 0 Å².